The van der Waals surface area contributed by atoms with Gasteiger partial charge in [0.2, 0.25) is 0 Å². The van der Waals surface area contributed by atoms with Crippen LogP contribution in [0.4, 0.5) is 5.00 Å². The van der Waals surface area contributed by atoms with Crippen LogP contribution in [0, 0.1) is 6.92 Å². The summed E-state index contributed by atoms with van der Waals surface area (Å²) in [6.45, 7) is 5.68. The molecule has 0 fully saturated rings. The SMILES string of the molecule is Cc1cc(OCn2ccc(C(=O)Nc3sc4c(c3C(=O)OC(C)C)CCCC4)n2)ccc1Cl. The van der Waals surface area contributed by atoms with Crippen molar-refractivity contribution in [1.29, 1.82) is 0 Å². The molecule has 2 aromatic heterocycles. The second-order valence-corrected chi connectivity index (χ2v) is 9.76. The van der Waals surface area contributed by atoms with E-state index in [0.29, 0.717) is 21.3 Å². The lowest BCUT2D eigenvalue weighted by molar-refractivity contribution is 0.0378. The van der Waals surface area contributed by atoms with Crippen molar-refractivity contribution >= 4 is 39.8 Å². The first kappa shape index (κ1) is 23.3. The number of halogens is 1. The van der Waals surface area contributed by atoms with Crippen molar-refractivity contribution in [3.05, 3.63) is 62.7 Å². The molecule has 33 heavy (non-hydrogen) atoms. The summed E-state index contributed by atoms with van der Waals surface area (Å²) >= 11 is 7.50. The van der Waals surface area contributed by atoms with Crippen LogP contribution in [0.5, 0.6) is 5.75 Å². The van der Waals surface area contributed by atoms with Gasteiger partial charge in [0.05, 0.1) is 11.7 Å². The molecule has 0 bridgehead atoms. The molecule has 4 rings (SSSR count). The molecule has 7 nitrogen and oxygen atoms in total. The Bertz CT molecular complexity index is 1180. The summed E-state index contributed by atoms with van der Waals surface area (Å²) in [5.74, 6) is -0.110. The van der Waals surface area contributed by atoms with Gasteiger partial charge in [-0.25, -0.2) is 9.48 Å². The number of carbonyl (C=O) groups is 2. The van der Waals surface area contributed by atoms with Gasteiger partial charge in [0.1, 0.15) is 10.8 Å². The fraction of sp³-hybridized carbons (Fsp3) is 0.375. The number of esters is 1. The molecule has 1 amide bonds. The first-order valence-corrected chi connectivity index (χ1v) is 12.1. The molecule has 3 aromatic rings. The lowest BCUT2D eigenvalue weighted by atomic mass is 9.95. The van der Waals surface area contributed by atoms with Crippen molar-refractivity contribution in [3.63, 3.8) is 0 Å². The zero-order valence-corrected chi connectivity index (χ0v) is 20.4. The molecule has 1 aliphatic rings. The van der Waals surface area contributed by atoms with E-state index in [9.17, 15) is 9.59 Å². The van der Waals surface area contributed by atoms with E-state index in [1.165, 1.54) is 16.0 Å². The monoisotopic (exact) mass is 487 g/mol. The summed E-state index contributed by atoms with van der Waals surface area (Å²) in [7, 11) is 0. The van der Waals surface area contributed by atoms with Gasteiger partial charge in [0.25, 0.3) is 5.91 Å². The van der Waals surface area contributed by atoms with Gasteiger partial charge < -0.3 is 14.8 Å². The maximum Gasteiger partial charge on any atom is 0.341 e. The van der Waals surface area contributed by atoms with Crippen LogP contribution in [0.3, 0.4) is 0 Å². The smallest absolute Gasteiger partial charge is 0.341 e. The van der Waals surface area contributed by atoms with Gasteiger partial charge in [-0.3, -0.25) is 4.79 Å². The van der Waals surface area contributed by atoms with E-state index in [1.807, 2.05) is 26.8 Å². The highest BCUT2D eigenvalue weighted by Crippen LogP contribution is 2.39. The molecule has 2 heterocycles. The Morgan fingerprint density at radius 1 is 1.24 bits per heavy atom. The summed E-state index contributed by atoms with van der Waals surface area (Å²) in [6, 6.07) is 7.01. The van der Waals surface area contributed by atoms with Crippen LogP contribution in [-0.2, 0) is 24.3 Å². The Kier molecular flexibility index (Phi) is 7.05. The van der Waals surface area contributed by atoms with Crippen molar-refractivity contribution in [1.82, 2.24) is 9.78 Å². The van der Waals surface area contributed by atoms with Gasteiger partial charge >= 0.3 is 5.97 Å². The molecule has 0 unspecified atom stereocenters. The Morgan fingerprint density at radius 2 is 2.03 bits per heavy atom. The number of benzene rings is 1. The van der Waals surface area contributed by atoms with E-state index < -0.39 is 5.97 Å². The van der Waals surface area contributed by atoms with E-state index >= 15 is 0 Å². The number of aromatic nitrogens is 2. The Morgan fingerprint density at radius 3 is 2.79 bits per heavy atom. The number of nitrogens with one attached hydrogen (secondary N) is 1. The van der Waals surface area contributed by atoms with Crippen LogP contribution in [-0.4, -0.2) is 27.8 Å². The average Bonchev–Trinajstić information content (AvgIpc) is 3.38. The molecule has 1 aromatic carbocycles. The molecule has 1 aliphatic carbocycles. The number of thiophene rings is 1. The van der Waals surface area contributed by atoms with E-state index in [-0.39, 0.29) is 24.4 Å². The minimum atomic E-state index is -0.392. The molecule has 0 aliphatic heterocycles. The van der Waals surface area contributed by atoms with Crippen molar-refractivity contribution in [2.45, 2.75) is 59.3 Å². The fourth-order valence-electron chi connectivity index (χ4n) is 3.71. The molecule has 1 N–H and O–H groups in total. The van der Waals surface area contributed by atoms with Gasteiger partial charge in [0, 0.05) is 16.1 Å². The van der Waals surface area contributed by atoms with E-state index in [2.05, 4.69) is 10.4 Å². The van der Waals surface area contributed by atoms with Crippen LogP contribution in [0.1, 0.15) is 63.5 Å². The quantitative estimate of drug-likeness (QED) is 0.436. The first-order chi connectivity index (χ1) is 15.8. The second-order valence-electron chi connectivity index (χ2n) is 8.25. The van der Waals surface area contributed by atoms with Crippen molar-refractivity contribution in [3.8, 4) is 5.75 Å². The maximum absolute atomic E-state index is 12.9. The number of amides is 1. The number of anilines is 1. The number of ether oxygens (including phenoxy) is 2. The number of carbonyl (C=O) groups excluding carboxylic acids is 2. The second kappa shape index (κ2) is 9.97. The predicted octanol–water partition coefficient (Wildman–Crippen LogP) is 5.64. The number of hydrogen-bond donors (Lipinski definition) is 1. The number of aryl methyl sites for hydroxylation is 2. The molecule has 174 valence electrons. The van der Waals surface area contributed by atoms with E-state index in [1.54, 1.807) is 24.4 Å². The fourth-order valence-corrected chi connectivity index (χ4v) is 5.10. The zero-order valence-electron chi connectivity index (χ0n) is 18.8. The molecule has 0 spiro atoms. The molecule has 0 saturated heterocycles. The van der Waals surface area contributed by atoms with Gasteiger partial charge in [-0.05, 0) is 81.8 Å². The molecule has 9 heteroatoms. The van der Waals surface area contributed by atoms with Crippen LogP contribution in [0.25, 0.3) is 0 Å². The van der Waals surface area contributed by atoms with E-state index in [0.717, 1.165) is 41.7 Å². The van der Waals surface area contributed by atoms with Crippen LogP contribution < -0.4 is 10.1 Å². The lowest BCUT2D eigenvalue weighted by Crippen LogP contribution is -2.18. The molecule has 0 atom stereocenters. The van der Waals surface area contributed by atoms with Gasteiger partial charge in [-0.1, -0.05) is 11.6 Å². The van der Waals surface area contributed by atoms with Gasteiger partial charge in [-0.15, -0.1) is 11.3 Å². The highest BCUT2D eigenvalue weighted by atomic mass is 35.5. The van der Waals surface area contributed by atoms with Crippen molar-refractivity contribution in [2.75, 3.05) is 5.32 Å². The third kappa shape index (κ3) is 5.39. The van der Waals surface area contributed by atoms with Crippen molar-refractivity contribution < 1.29 is 19.1 Å². The molecular weight excluding hydrogens is 462 g/mol. The number of rotatable bonds is 7. The highest BCUT2D eigenvalue weighted by Gasteiger charge is 2.28. The molecule has 0 radical (unpaired) electrons. The van der Waals surface area contributed by atoms with Crippen LogP contribution >= 0.6 is 22.9 Å². The Hall–Kier alpha value is -2.84. The normalized spacial score (nSPS) is 13.0. The van der Waals surface area contributed by atoms with Crippen LogP contribution in [0.2, 0.25) is 5.02 Å². The van der Waals surface area contributed by atoms with E-state index in [4.69, 9.17) is 21.1 Å². The first-order valence-electron chi connectivity index (χ1n) is 10.9. The average molecular weight is 488 g/mol. The summed E-state index contributed by atoms with van der Waals surface area (Å²) in [6.07, 6.45) is 5.27. The van der Waals surface area contributed by atoms with Crippen molar-refractivity contribution in [2.24, 2.45) is 0 Å². The third-order valence-corrected chi connectivity index (χ3v) is 6.94. The van der Waals surface area contributed by atoms with Gasteiger partial charge in [0.15, 0.2) is 12.4 Å². The zero-order chi connectivity index (χ0) is 23.5. The largest absolute Gasteiger partial charge is 0.471 e. The Balaban J connectivity index is 1.47. The minimum absolute atomic E-state index is 0.146. The topological polar surface area (TPSA) is 82.5 Å². The summed E-state index contributed by atoms with van der Waals surface area (Å²) in [5, 5.41) is 8.40. The molecular formula is C24H26ClN3O4S. The highest BCUT2D eigenvalue weighted by molar-refractivity contribution is 7.17. The minimum Gasteiger partial charge on any atom is -0.471 e. The number of nitrogens with zero attached hydrogens (tertiary/aromatic N) is 2. The summed E-state index contributed by atoms with van der Waals surface area (Å²) in [4.78, 5) is 26.8. The number of fused-ring (bicyclic) bond motifs is 1. The Labute approximate surface area is 201 Å². The third-order valence-electron chi connectivity index (χ3n) is 5.31. The molecule has 0 saturated carbocycles. The standard InChI is InChI=1S/C24H26ClN3O4S/c1-14(2)32-24(30)21-17-6-4-5-7-20(17)33-23(21)26-22(29)19-10-11-28(27-19)13-31-16-8-9-18(25)15(3)12-16/h8-12,14H,4-7,13H2,1-3H3,(H,26,29). The lowest BCUT2D eigenvalue weighted by Gasteiger charge is -2.14. The van der Waals surface area contributed by atoms with Crippen LogP contribution in [0.15, 0.2) is 30.5 Å². The summed E-state index contributed by atoms with van der Waals surface area (Å²) < 4.78 is 12.7. The van der Waals surface area contributed by atoms with Gasteiger partial charge in [-0.2, -0.15) is 5.10 Å². The number of hydrogen-bond acceptors (Lipinski definition) is 6. The maximum atomic E-state index is 12.9. The predicted molar refractivity (Wildman–Crippen MR) is 129 cm³/mol. The summed E-state index contributed by atoms with van der Waals surface area (Å²) in [5.41, 5.74) is 2.64.